The summed E-state index contributed by atoms with van der Waals surface area (Å²) < 4.78 is 5.59. The molecule has 1 aliphatic rings. The highest BCUT2D eigenvalue weighted by atomic mass is 32.1. The average Bonchev–Trinajstić information content (AvgIpc) is 3.24. The maximum absolute atomic E-state index is 11.8. The van der Waals surface area contributed by atoms with Crippen LogP contribution in [0.1, 0.15) is 54.4 Å². The Hall–Kier alpha value is -1.68. The van der Waals surface area contributed by atoms with Crippen molar-refractivity contribution in [3.05, 3.63) is 34.8 Å². The number of carbonyl (C=O) groups is 1. The van der Waals surface area contributed by atoms with Gasteiger partial charge in [-0.25, -0.2) is 4.98 Å². The van der Waals surface area contributed by atoms with Gasteiger partial charge in [0.25, 0.3) is 0 Å². The molecule has 0 unspecified atom stereocenters. The number of thiazole rings is 1. The average molecular weight is 301 g/mol. The van der Waals surface area contributed by atoms with E-state index in [0.29, 0.717) is 5.92 Å². The van der Waals surface area contributed by atoms with Crippen LogP contribution in [0.3, 0.4) is 0 Å². The van der Waals surface area contributed by atoms with E-state index in [1.165, 1.54) is 11.3 Å². The van der Waals surface area contributed by atoms with Gasteiger partial charge in [-0.2, -0.15) is 0 Å². The van der Waals surface area contributed by atoms with Crippen molar-refractivity contribution in [2.75, 3.05) is 6.61 Å². The van der Waals surface area contributed by atoms with Crippen LogP contribution in [0.4, 0.5) is 0 Å². The molecule has 21 heavy (non-hydrogen) atoms. The lowest BCUT2D eigenvalue weighted by molar-refractivity contribution is 0.102. The molecule has 1 fully saturated rings. The van der Waals surface area contributed by atoms with Crippen molar-refractivity contribution in [2.45, 2.75) is 39.0 Å². The maximum atomic E-state index is 11.8. The number of nitrogens with zero attached hydrogens (tertiary/aromatic N) is 1. The van der Waals surface area contributed by atoms with Crippen molar-refractivity contribution in [3.63, 3.8) is 0 Å². The summed E-state index contributed by atoms with van der Waals surface area (Å²) in [5.41, 5.74) is 2.06. The number of hydrogen-bond donors (Lipinski definition) is 0. The van der Waals surface area contributed by atoms with Crippen LogP contribution in [-0.2, 0) is 0 Å². The standard InChI is InChI=1S/C17H19NO2S/c1-3-10-20-14-8-6-13(7-9-14)17-18-15(12-4-5-12)16(21-17)11(2)19/h6-9,12H,3-5,10H2,1-2H3. The Labute approximate surface area is 129 Å². The summed E-state index contributed by atoms with van der Waals surface area (Å²) in [5.74, 6) is 1.51. The summed E-state index contributed by atoms with van der Waals surface area (Å²) in [5, 5.41) is 0.934. The van der Waals surface area contributed by atoms with Crippen LogP contribution >= 0.6 is 11.3 Å². The number of ether oxygens (including phenoxy) is 1. The summed E-state index contributed by atoms with van der Waals surface area (Å²) in [6.45, 7) is 4.45. The van der Waals surface area contributed by atoms with E-state index in [1.807, 2.05) is 24.3 Å². The van der Waals surface area contributed by atoms with E-state index in [9.17, 15) is 4.79 Å². The minimum absolute atomic E-state index is 0.128. The molecule has 3 nitrogen and oxygen atoms in total. The molecule has 0 N–H and O–H groups in total. The van der Waals surface area contributed by atoms with Gasteiger partial charge < -0.3 is 4.74 Å². The Bertz CT molecular complexity index is 641. The first-order valence-electron chi connectivity index (χ1n) is 7.44. The lowest BCUT2D eigenvalue weighted by Gasteiger charge is -2.04. The highest BCUT2D eigenvalue weighted by Gasteiger charge is 2.31. The van der Waals surface area contributed by atoms with Crippen molar-refractivity contribution in [2.24, 2.45) is 0 Å². The minimum Gasteiger partial charge on any atom is -0.494 e. The van der Waals surface area contributed by atoms with Gasteiger partial charge >= 0.3 is 0 Å². The van der Waals surface area contributed by atoms with Crippen LogP contribution in [0.2, 0.25) is 0 Å². The van der Waals surface area contributed by atoms with Gasteiger partial charge in [0, 0.05) is 18.4 Å². The third kappa shape index (κ3) is 3.16. The predicted molar refractivity (Wildman–Crippen MR) is 85.3 cm³/mol. The second kappa shape index (κ2) is 5.98. The smallest absolute Gasteiger partial charge is 0.171 e. The van der Waals surface area contributed by atoms with Gasteiger partial charge in [-0.05, 0) is 43.5 Å². The van der Waals surface area contributed by atoms with Crippen molar-refractivity contribution in [1.82, 2.24) is 4.98 Å². The highest BCUT2D eigenvalue weighted by molar-refractivity contribution is 7.17. The molecule has 1 aromatic carbocycles. The quantitative estimate of drug-likeness (QED) is 0.727. The molecule has 0 bridgehead atoms. The van der Waals surface area contributed by atoms with Crippen molar-refractivity contribution < 1.29 is 9.53 Å². The molecule has 0 radical (unpaired) electrons. The molecule has 1 aliphatic carbocycles. The van der Waals surface area contributed by atoms with Crippen LogP contribution in [-0.4, -0.2) is 17.4 Å². The van der Waals surface area contributed by atoms with Crippen molar-refractivity contribution in [1.29, 1.82) is 0 Å². The Morgan fingerprint density at radius 2 is 2.05 bits per heavy atom. The third-order valence-electron chi connectivity index (χ3n) is 3.51. The lowest BCUT2D eigenvalue weighted by Crippen LogP contribution is -1.94. The van der Waals surface area contributed by atoms with E-state index in [-0.39, 0.29) is 5.78 Å². The molecule has 1 heterocycles. The molecule has 110 valence electrons. The third-order valence-corrected chi connectivity index (χ3v) is 4.73. The van der Waals surface area contributed by atoms with Crippen LogP contribution in [0.5, 0.6) is 5.75 Å². The van der Waals surface area contributed by atoms with Crippen molar-refractivity contribution >= 4 is 17.1 Å². The maximum Gasteiger partial charge on any atom is 0.171 e. The molecule has 0 amide bonds. The molecule has 1 aromatic heterocycles. The van der Waals surface area contributed by atoms with Crippen LogP contribution in [0.15, 0.2) is 24.3 Å². The molecule has 0 saturated heterocycles. The lowest BCUT2D eigenvalue weighted by atomic mass is 10.2. The number of rotatable bonds is 6. The molecular formula is C17H19NO2S. The molecule has 0 atom stereocenters. The van der Waals surface area contributed by atoms with E-state index in [0.717, 1.165) is 52.8 Å². The summed E-state index contributed by atoms with van der Waals surface area (Å²) >= 11 is 1.51. The first-order valence-corrected chi connectivity index (χ1v) is 8.25. The van der Waals surface area contributed by atoms with Crippen LogP contribution in [0, 0.1) is 0 Å². The molecule has 2 aromatic rings. The fourth-order valence-electron chi connectivity index (χ4n) is 2.25. The number of hydrogen-bond acceptors (Lipinski definition) is 4. The zero-order valence-electron chi connectivity index (χ0n) is 12.4. The fourth-order valence-corrected chi connectivity index (χ4v) is 3.31. The van der Waals surface area contributed by atoms with E-state index in [4.69, 9.17) is 9.72 Å². The highest BCUT2D eigenvalue weighted by Crippen LogP contribution is 2.44. The van der Waals surface area contributed by atoms with Gasteiger partial charge in [0.15, 0.2) is 5.78 Å². The molecule has 1 saturated carbocycles. The topological polar surface area (TPSA) is 39.2 Å². The number of aromatic nitrogens is 1. The molecule has 0 aliphatic heterocycles. The summed E-state index contributed by atoms with van der Waals surface area (Å²) in [6, 6.07) is 7.97. The van der Waals surface area contributed by atoms with Gasteiger partial charge in [0.2, 0.25) is 0 Å². The summed E-state index contributed by atoms with van der Waals surface area (Å²) in [6.07, 6.45) is 3.32. The summed E-state index contributed by atoms with van der Waals surface area (Å²) in [7, 11) is 0. The predicted octanol–water partition coefficient (Wildman–Crippen LogP) is 4.68. The van der Waals surface area contributed by atoms with E-state index < -0.39 is 0 Å². The Morgan fingerprint density at radius 1 is 1.33 bits per heavy atom. The number of carbonyl (C=O) groups excluding carboxylic acids is 1. The SMILES string of the molecule is CCCOc1ccc(-c2nc(C3CC3)c(C(C)=O)s2)cc1. The minimum atomic E-state index is 0.128. The Balaban J connectivity index is 1.86. The Morgan fingerprint density at radius 3 is 2.62 bits per heavy atom. The van der Waals surface area contributed by atoms with Crippen molar-refractivity contribution in [3.8, 4) is 16.3 Å². The zero-order chi connectivity index (χ0) is 14.8. The van der Waals surface area contributed by atoms with E-state index in [2.05, 4.69) is 6.92 Å². The molecular weight excluding hydrogens is 282 g/mol. The normalized spacial score (nSPS) is 14.2. The van der Waals surface area contributed by atoms with E-state index >= 15 is 0 Å². The molecule has 0 spiro atoms. The largest absolute Gasteiger partial charge is 0.494 e. The van der Waals surface area contributed by atoms with E-state index in [1.54, 1.807) is 6.92 Å². The zero-order valence-corrected chi connectivity index (χ0v) is 13.2. The number of benzene rings is 1. The summed E-state index contributed by atoms with van der Waals surface area (Å²) in [4.78, 5) is 17.3. The monoisotopic (exact) mass is 301 g/mol. The van der Waals surface area contributed by atoms with Gasteiger partial charge in [0.05, 0.1) is 17.2 Å². The molecule has 3 rings (SSSR count). The first-order chi connectivity index (χ1) is 10.2. The van der Waals surface area contributed by atoms with Gasteiger partial charge in [-0.3, -0.25) is 4.79 Å². The van der Waals surface area contributed by atoms with Crippen LogP contribution < -0.4 is 4.74 Å². The number of Topliss-reactive ketones (excluding diaryl/α,β-unsaturated/α-hetero) is 1. The number of ketones is 1. The van der Waals surface area contributed by atoms with Gasteiger partial charge in [-0.15, -0.1) is 11.3 Å². The second-order valence-corrected chi connectivity index (χ2v) is 6.44. The van der Waals surface area contributed by atoms with Gasteiger partial charge in [-0.1, -0.05) is 6.92 Å². The molecule has 4 heteroatoms. The fraction of sp³-hybridized carbons (Fsp3) is 0.412. The second-order valence-electron chi connectivity index (χ2n) is 5.44. The van der Waals surface area contributed by atoms with Crippen LogP contribution in [0.25, 0.3) is 10.6 Å². The Kier molecular flexibility index (Phi) is 4.06. The first kappa shape index (κ1) is 14.3. The van der Waals surface area contributed by atoms with Gasteiger partial charge in [0.1, 0.15) is 10.8 Å².